The van der Waals surface area contributed by atoms with Crippen molar-refractivity contribution in [1.82, 2.24) is 4.90 Å². The van der Waals surface area contributed by atoms with Crippen LogP contribution >= 0.6 is 0 Å². The number of nitrogens with one attached hydrogen (secondary N) is 1. The van der Waals surface area contributed by atoms with Gasteiger partial charge in [-0.25, -0.2) is 9.59 Å². The maximum absolute atomic E-state index is 13.0. The monoisotopic (exact) mass is 414 g/mol. The third-order valence-corrected chi connectivity index (χ3v) is 7.41. The fourth-order valence-electron chi connectivity index (χ4n) is 5.07. The number of amides is 2. The first-order valence-electron chi connectivity index (χ1n) is 10.7. The number of urea groups is 1. The molecule has 0 spiro atoms. The molecule has 1 aromatic carbocycles. The van der Waals surface area contributed by atoms with Crippen LogP contribution in [0.15, 0.2) is 18.2 Å². The Labute approximate surface area is 178 Å². The molecule has 4 rings (SSSR count). The van der Waals surface area contributed by atoms with Crippen molar-refractivity contribution < 1.29 is 24.0 Å². The molecule has 162 valence electrons. The summed E-state index contributed by atoms with van der Waals surface area (Å²) in [7, 11) is -0.526. The molecule has 7 nitrogen and oxygen atoms in total. The molecule has 3 unspecified atom stereocenters. The van der Waals surface area contributed by atoms with Gasteiger partial charge in [-0.05, 0) is 71.0 Å². The Hall–Kier alpha value is -2.06. The van der Waals surface area contributed by atoms with E-state index in [1.54, 1.807) is 0 Å². The number of rotatable bonds is 3. The van der Waals surface area contributed by atoms with Gasteiger partial charge in [0.1, 0.15) is 5.54 Å². The summed E-state index contributed by atoms with van der Waals surface area (Å²) in [5, 5.41) is 12.7. The molecule has 1 aromatic rings. The number of hydrogen-bond donors (Lipinski definition) is 2. The lowest BCUT2D eigenvalue weighted by Crippen LogP contribution is -2.75. The molecule has 3 aliphatic heterocycles. The molecule has 0 aliphatic carbocycles. The average Bonchev–Trinajstić information content (AvgIpc) is 2.83. The van der Waals surface area contributed by atoms with E-state index in [9.17, 15) is 14.7 Å². The zero-order chi connectivity index (χ0) is 22.1. The molecule has 0 saturated carbocycles. The van der Waals surface area contributed by atoms with Crippen molar-refractivity contribution in [3.8, 4) is 0 Å². The van der Waals surface area contributed by atoms with Gasteiger partial charge in [0.2, 0.25) is 0 Å². The van der Waals surface area contributed by atoms with Gasteiger partial charge in [-0.2, -0.15) is 0 Å². The van der Waals surface area contributed by atoms with E-state index in [-0.39, 0.29) is 12.1 Å². The summed E-state index contributed by atoms with van der Waals surface area (Å²) in [6.45, 7) is 12.0. The molecule has 3 saturated heterocycles. The van der Waals surface area contributed by atoms with Crippen molar-refractivity contribution in [2.45, 2.75) is 83.6 Å². The lowest BCUT2D eigenvalue weighted by Gasteiger charge is -2.60. The van der Waals surface area contributed by atoms with Crippen molar-refractivity contribution in [2.75, 3.05) is 5.32 Å². The third-order valence-electron chi connectivity index (χ3n) is 7.41. The molecular weight excluding hydrogens is 383 g/mol. The predicted octanol–water partition coefficient (Wildman–Crippen LogP) is 3.15. The Morgan fingerprint density at radius 3 is 2.40 bits per heavy atom. The smallest absolute Gasteiger partial charge is 0.479 e. The number of carboxylic acids is 1. The van der Waals surface area contributed by atoms with Crippen molar-refractivity contribution in [1.29, 1.82) is 0 Å². The summed E-state index contributed by atoms with van der Waals surface area (Å²) in [6, 6.07) is 5.23. The third kappa shape index (κ3) is 3.12. The second-order valence-corrected chi connectivity index (χ2v) is 10.2. The van der Waals surface area contributed by atoms with Crippen LogP contribution in [0.4, 0.5) is 10.5 Å². The molecule has 0 aromatic heterocycles. The summed E-state index contributed by atoms with van der Waals surface area (Å²) in [6.07, 6.45) is 1.88. The maximum Gasteiger partial charge on any atom is 0.495 e. The van der Waals surface area contributed by atoms with E-state index in [0.717, 1.165) is 17.4 Å². The van der Waals surface area contributed by atoms with E-state index < -0.39 is 29.8 Å². The minimum atomic E-state index is -1.08. The fraction of sp³-hybridized carbons (Fsp3) is 0.636. The number of benzene rings is 1. The lowest BCUT2D eigenvalue weighted by molar-refractivity contribution is -0.173. The van der Waals surface area contributed by atoms with Crippen LogP contribution in [0.2, 0.25) is 0 Å². The SMILES string of the molecule is Cc1ccc(NC(=O)N2C3CC(C)CC2(C(=O)O)C3)cc1B1OC(C)(C)C(C)(C)O1. The highest BCUT2D eigenvalue weighted by molar-refractivity contribution is 6.62. The van der Waals surface area contributed by atoms with E-state index >= 15 is 0 Å². The number of nitrogens with zero attached hydrogens (tertiary/aromatic N) is 1. The van der Waals surface area contributed by atoms with Crippen LogP contribution in [-0.4, -0.2) is 51.9 Å². The number of hydrogen-bond acceptors (Lipinski definition) is 4. The van der Waals surface area contributed by atoms with E-state index in [1.807, 2.05) is 52.8 Å². The standard InChI is InChI=1S/C22H31BN2O5/c1-13-9-16-12-22(11-13,18(26)27)25(16)19(28)24-15-8-7-14(2)17(10-15)23-29-20(3,4)21(5,6)30-23/h7-8,10,13,16H,9,11-12H2,1-6H3,(H,24,28)(H,26,27). The number of carbonyl (C=O) groups excluding carboxylic acids is 1. The molecule has 3 fully saturated rings. The molecule has 3 aliphatic rings. The highest BCUT2D eigenvalue weighted by Crippen LogP contribution is 2.50. The summed E-state index contributed by atoms with van der Waals surface area (Å²) in [5.74, 6) is -0.611. The van der Waals surface area contributed by atoms with Crippen molar-refractivity contribution in [2.24, 2.45) is 5.92 Å². The molecule has 3 atom stereocenters. The van der Waals surface area contributed by atoms with Crippen LogP contribution in [0.1, 0.15) is 59.4 Å². The largest absolute Gasteiger partial charge is 0.495 e. The van der Waals surface area contributed by atoms with Gasteiger partial charge in [0.15, 0.2) is 0 Å². The highest BCUT2D eigenvalue weighted by Gasteiger charge is 2.63. The summed E-state index contributed by atoms with van der Waals surface area (Å²) in [4.78, 5) is 26.5. The van der Waals surface area contributed by atoms with E-state index in [2.05, 4.69) is 12.2 Å². The zero-order valence-corrected chi connectivity index (χ0v) is 18.6. The van der Waals surface area contributed by atoms with Crippen LogP contribution < -0.4 is 10.8 Å². The number of fused-ring (bicyclic) bond motifs is 2. The number of carboxylic acid groups (broad SMARTS) is 1. The minimum Gasteiger partial charge on any atom is -0.479 e. The normalized spacial score (nSPS) is 31.3. The van der Waals surface area contributed by atoms with Gasteiger partial charge < -0.3 is 24.6 Å². The Bertz CT molecular complexity index is 886. The number of piperidine rings is 1. The Morgan fingerprint density at radius 1 is 1.17 bits per heavy atom. The van der Waals surface area contributed by atoms with Crippen LogP contribution in [0.5, 0.6) is 0 Å². The van der Waals surface area contributed by atoms with Crippen molar-refractivity contribution >= 4 is 30.3 Å². The van der Waals surface area contributed by atoms with Crippen LogP contribution in [0.25, 0.3) is 0 Å². The Kier molecular flexibility index (Phi) is 4.75. The van der Waals surface area contributed by atoms with Crippen LogP contribution in [-0.2, 0) is 14.1 Å². The number of aryl methyl sites for hydroxylation is 1. The Balaban J connectivity index is 1.55. The predicted molar refractivity (Wildman–Crippen MR) is 115 cm³/mol. The van der Waals surface area contributed by atoms with E-state index in [4.69, 9.17) is 9.31 Å². The first kappa shape index (κ1) is 21.2. The summed E-state index contributed by atoms with van der Waals surface area (Å²) < 4.78 is 12.3. The highest BCUT2D eigenvalue weighted by atomic mass is 16.7. The first-order chi connectivity index (χ1) is 13.9. The van der Waals surface area contributed by atoms with E-state index in [1.165, 1.54) is 4.90 Å². The quantitative estimate of drug-likeness (QED) is 0.742. The molecule has 30 heavy (non-hydrogen) atoms. The molecular formula is C22H31BN2O5. The maximum atomic E-state index is 13.0. The summed E-state index contributed by atoms with van der Waals surface area (Å²) in [5.41, 5.74) is 0.478. The van der Waals surface area contributed by atoms with Crippen molar-refractivity contribution in [3.63, 3.8) is 0 Å². The number of carbonyl (C=O) groups is 2. The van der Waals surface area contributed by atoms with Crippen LogP contribution in [0, 0.1) is 12.8 Å². The van der Waals surface area contributed by atoms with Gasteiger partial charge >= 0.3 is 19.1 Å². The van der Waals surface area contributed by atoms with Gasteiger partial charge in [0, 0.05) is 18.2 Å². The molecule has 2 amide bonds. The Morgan fingerprint density at radius 2 is 1.80 bits per heavy atom. The van der Waals surface area contributed by atoms with Gasteiger partial charge in [-0.1, -0.05) is 18.6 Å². The molecule has 8 heteroatoms. The summed E-state index contributed by atoms with van der Waals surface area (Å²) >= 11 is 0. The first-order valence-corrected chi connectivity index (χ1v) is 10.7. The van der Waals surface area contributed by atoms with Crippen molar-refractivity contribution in [3.05, 3.63) is 23.8 Å². The van der Waals surface area contributed by atoms with E-state index in [0.29, 0.717) is 24.4 Å². The zero-order valence-electron chi connectivity index (χ0n) is 18.6. The molecule has 3 heterocycles. The molecule has 2 bridgehead atoms. The fourth-order valence-corrected chi connectivity index (χ4v) is 5.07. The van der Waals surface area contributed by atoms with Crippen LogP contribution in [0.3, 0.4) is 0 Å². The number of aliphatic carboxylic acids is 1. The second kappa shape index (κ2) is 6.72. The number of anilines is 1. The average molecular weight is 414 g/mol. The van der Waals surface area contributed by atoms with Gasteiger partial charge in [-0.15, -0.1) is 0 Å². The topological polar surface area (TPSA) is 88.1 Å². The second-order valence-electron chi connectivity index (χ2n) is 10.2. The molecule has 2 N–H and O–H groups in total. The van der Waals surface area contributed by atoms with Gasteiger partial charge in [0.25, 0.3) is 0 Å². The lowest BCUT2D eigenvalue weighted by atomic mass is 9.64. The molecule has 0 radical (unpaired) electrons. The minimum absolute atomic E-state index is 0.0159. The van der Waals surface area contributed by atoms with Gasteiger partial charge in [-0.3, -0.25) is 0 Å². The van der Waals surface area contributed by atoms with Gasteiger partial charge in [0.05, 0.1) is 11.2 Å².